The van der Waals surface area contributed by atoms with Gasteiger partial charge in [0.2, 0.25) is 0 Å². The average Bonchev–Trinajstić information content (AvgIpc) is 2.84. The standard InChI is InChI=1S/C8H15NO3.2C2H6/c10-4-7-2-1-3-9(7)8(5-11)6-12;2*1-2/h5,7-8,10,12H,1-4,6H2;2*1-2H3/t7?,8-;;/m1../s1. The molecule has 0 bridgehead atoms. The minimum absolute atomic E-state index is 0.0624. The Morgan fingerprint density at radius 3 is 2.25 bits per heavy atom. The number of aliphatic hydroxyl groups is 2. The van der Waals surface area contributed by atoms with Crippen molar-refractivity contribution in [2.24, 2.45) is 0 Å². The molecular formula is C12H27NO3. The van der Waals surface area contributed by atoms with Gasteiger partial charge in [-0.1, -0.05) is 27.7 Å². The maximum Gasteiger partial charge on any atom is 0.139 e. The van der Waals surface area contributed by atoms with E-state index < -0.39 is 6.04 Å². The van der Waals surface area contributed by atoms with E-state index in [4.69, 9.17) is 10.2 Å². The molecule has 1 heterocycles. The molecule has 0 saturated carbocycles. The van der Waals surface area contributed by atoms with Crippen molar-refractivity contribution in [1.82, 2.24) is 4.90 Å². The maximum absolute atomic E-state index is 10.5. The Hall–Kier alpha value is -0.450. The molecule has 1 unspecified atom stereocenters. The molecule has 0 aromatic heterocycles. The fourth-order valence-electron chi connectivity index (χ4n) is 1.72. The van der Waals surface area contributed by atoms with Crippen molar-refractivity contribution in [3.8, 4) is 0 Å². The molecular weight excluding hydrogens is 206 g/mol. The zero-order valence-electron chi connectivity index (χ0n) is 11.0. The van der Waals surface area contributed by atoms with E-state index in [1.807, 2.05) is 32.6 Å². The zero-order chi connectivity index (χ0) is 13.0. The van der Waals surface area contributed by atoms with Gasteiger partial charge in [-0.05, 0) is 19.4 Å². The molecule has 1 rings (SSSR count). The molecule has 0 aromatic rings. The molecule has 1 saturated heterocycles. The maximum atomic E-state index is 10.5. The van der Waals surface area contributed by atoms with Gasteiger partial charge in [0, 0.05) is 6.04 Å². The lowest BCUT2D eigenvalue weighted by Gasteiger charge is -2.26. The first-order valence-corrected chi connectivity index (χ1v) is 6.26. The van der Waals surface area contributed by atoms with Crippen LogP contribution in [0.4, 0.5) is 0 Å². The molecule has 2 N–H and O–H groups in total. The van der Waals surface area contributed by atoms with E-state index in [0.29, 0.717) is 0 Å². The van der Waals surface area contributed by atoms with Crippen LogP contribution in [0, 0.1) is 0 Å². The molecule has 4 nitrogen and oxygen atoms in total. The molecule has 0 amide bonds. The van der Waals surface area contributed by atoms with E-state index in [2.05, 4.69) is 0 Å². The second-order valence-electron chi connectivity index (χ2n) is 3.10. The summed E-state index contributed by atoms with van der Waals surface area (Å²) in [4.78, 5) is 12.4. The average molecular weight is 233 g/mol. The molecule has 0 spiro atoms. The van der Waals surface area contributed by atoms with Crippen LogP contribution < -0.4 is 0 Å². The molecule has 16 heavy (non-hydrogen) atoms. The van der Waals surface area contributed by atoms with Gasteiger partial charge in [-0.3, -0.25) is 4.90 Å². The third-order valence-corrected chi connectivity index (χ3v) is 2.40. The normalized spacial score (nSPS) is 21.2. The van der Waals surface area contributed by atoms with Crippen LogP contribution in [-0.2, 0) is 4.79 Å². The highest BCUT2D eigenvalue weighted by Gasteiger charge is 2.29. The van der Waals surface area contributed by atoms with Gasteiger partial charge in [0.15, 0.2) is 0 Å². The SMILES string of the molecule is CC.CC.O=C[C@H](CO)N1CCCC1CO. The number of nitrogens with zero attached hydrogens (tertiary/aromatic N) is 1. The fourth-order valence-corrected chi connectivity index (χ4v) is 1.72. The van der Waals surface area contributed by atoms with Gasteiger partial charge in [-0.15, -0.1) is 0 Å². The Balaban J connectivity index is 0. The van der Waals surface area contributed by atoms with Crippen LogP contribution in [0.25, 0.3) is 0 Å². The van der Waals surface area contributed by atoms with Gasteiger partial charge in [0.25, 0.3) is 0 Å². The topological polar surface area (TPSA) is 60.8 Å². The number of hydrogen-bond donors (Lipinski definition) is 2. The van der Waals surface area contributed by atoms with E-state index in [9.17, 15) is 4.79 Å². The molecule has 0 radical (unpaired) electrons. The Morgan fingerprint density at radius 2 is 1.88 bits per heavy atom. The van der Waals surface area contributed by atoms with Crippen molar-refractivity contribution in [2.45, 2.75) is 52.6 Å². The predicted molar refractivity (Wildman–Crippen MR) is 66.4 cm³/mol. The lowest BCUT2D eigenvalue weighted by molar-refractivity contribution is -0.114. The second kappa shape index (κ2) is 12.6. The molecule has 2 atom stereocenters. The summed E-state index contributed by atoms with van der Waals surface area (Å²) >= 11 is 0. The largest absolute Gasteiger partial charge is 0.395 e. The van der Waals surface area contributed by atoms with Gasteiger partial charge in [-0.2, -0.15) is 0 Å². The van der Waals surface area contributed by atoms with Crippen molar-refractivity contribution in [3.05, 3.63) is 0 Å². The summed E-state index contributed by atoms with van der Waals surface area (Å²) in [7, 11) is 0. The summed E-state index contributed by atoms with van der Waals surface area (Å²) in [6, 6.07) is -0.364. The van der Waals surface area contributed by atoms with Gasteiger partial charge >= 0.3 is 0 Å². The van der Waals surface area contributed by atoms with Crippen LogP contribution in [0.2, 0.25) is 0 Å². The Kier molecular flexibility index (Phi) is 14.1. The number of likely N-dealkylation sites (tertiary alicyclic amines) is 1. The van der Waals surface area contributed by atoms with Crippen molar-refractivity contribution in [3.63, 3.8) is 0 Å². The van der Waals surface area contributed by atoms with Crippen molar-refractivity contribution in [1.29, 1.82) is 0 Å². The Labute approximate surface area is 99.3 Å². The minimum Gasteiger partial charge on any atom is -0.395 e. The number of aldehydes is 1. The van der Waals surface area contributed by atoms with Crippen LogP contribution in [0.1, 0.15) is 40.5 Å². The smallest absolute Gasteiger partial charge is 0.139 e. The summed E-state index contributed by atoms with van der Waals surface area (Å²) in [5, 5.41) is 17.8. The van der Waals surface area contributed by atoms with Crippen LogP contribution >= 0.6 is 0 Å². The van der Waals surface area contributed by atoms with Gasteiger partial charge in [0.1, 0.15) is 6.29 Å². The second-order valence-corrected chi connectivity index (χ2v) is 3.10. The summed E-state index contributed by atoms with van der Waals surface area (Å²) < 4.78 is 0. The van der Waals surface area contributed by atoms with Crippen molar-refractivity contribution < 1.29 is 15.0 Å². The van der Waals surface area contributed by atoms with E-state index in [1.165, 1.54) is 0 Å². The van der Waals surface area contributed by atoms with E-state index >= 15 is 0 Å². The molecule has 0 aliphatic carbocycles. The summed E-state index contributed by atoms with van der Waals surface area (Å²) in [6.07, 6.45) is 2.66. The van der Waals surface area contributed by atoms with Gasteiger partial charge in [0.05, 0.1) is 19.3 Å². The number of carbonyl (C=O) groups is 1. The first-order valence-electron chi connectivity index (χ1n) is 6.26. The fraction of sp³-hybridized carbons (Fsp3) is 0.917. The van der Waals surface area contributed by atoms with E-state index in [-0.39, 0.29) is 19.3 Å². The molecule has 0 aromatic carbocycles. The lowest BCUT2D eigenvalue weighted by Crippen LogP contribution is -2.43. The van der Waals surface area contributed by atoms with Crippen LogP contribution in [0.15, 0.2) is 0 Å². The minimum atomic E-state index is -0.426. The van der Waals surface area contributed by atoms with E-state index in [0.717, 1.165) is 25.7 Å². The highest BCUT2D eigenvalue weighted by atomic mass is 16.3. The predicted octanol–water partition coefficient (Wildman–Crippen LogP) is 1.06. The van der Waals surface area contributed by atoms with Crippen molar-refractivity contribution in [2.75, 3.05) is 19.8 Å². The lowest BCUT2D eigenvalue weighted by atomic mass is 10.2. The van der Waals surface area contributed by atoms with E-state index in [1.54, 1.807) is 0 Å². The van der Waals surface area contributed by atoms with Gasteiger partial charge in [-0.25, -0.2) is 0 Å². The monoisotopic (exact) mass is 233 g/mol. The number of rotatable bonds is 4. The van der Waals surface area contributed by atoms with Crippen LogP contribution in [0.3, 0.4) is 0 Å². The Bertz CT molecular complexity index is 153. The van der Waals surface area contributed by atoms with Crippen molar-refractivity contribution >= 4 is 6.29 Å². The summed E-state index contributed by atoms with van der Waals surface area (Å²) in [5.74, 6) is 0. The molecule has 4 heteroatoms. The molecule has 98 valence electrons. The summed E-state index contributed by atoms with van der Waals surface area (Å²) in [6.45, 7) is 8.72. The first-order chi connectivity index (χ1) is 7.83. The Morgan fingerprint density at radius 1 is 1.31 bits per heavy atom. The zero-order valence-corrected chi connectivity index (χ0v) is 11.0. The van der Waals surface area contributed by atoms with Crippen LogP contribution in [0.5, 0.6) is 0 Å². The third-order valence-electron chi connectivity index (χ3n) is 2.40. The van der Waals surface area contributed by atoms with Crippen LogP contribution in [-0.4, -0.2) is 53.2 Å². The van der Waals surface area contributed by atoms with Gasteiger partial charge < -0.3 is 15.0 Å². The number of aliphatic hydroxyl groups excluding tert-OH is 2. The molecule has 1 fully saturated rings. The highest BCUT2D eigenvalue weighted by Crippen LogP contribution is 2.18. The number of hydrogen-bond acceptors (Lipinski definition) is 4. The third kappa shape index (κ3) is 5.58. The highest BCUT2D eigenvalue weighted by molar-refractivity contribution is 5.57. The quantitative estimate of drug-likeness (QED) is 0.713. The summed E-state index contributed by atoms with van der Waals surface area (Å²) in [5.41, 5.74) is 0. The first kappa shape index (κ1) is 17.9. The molecule has 1 aliphatic heterocycles. The number of carbonyl (C=O) groups excluding carboxylic acids is 1. The molecule has 1 aliphatic rings.